The van der Waals surface area contributed by atoms with Crippen molar-refractivity contribution in [3.63, 3.8) is 0 Å². The molecule has 2 heterocycles. The average Bonchev–Trinajstić information content (AvgIpc) is 2.58. The van der Waals surface area contributed by atoms with E-state index in [0.29, 0.717) is 11.6 Å². The van der Waals surface area contributed by atoms with Gasteiger partial charge in [0.15, 0.2) is 0 Å². The maximum Gasteiger partial charge on any atom is 0.264 e. The average molecular weight is 163 g/mol. The van der Waals surface area contributed by atoms with Gasteiger partial charge in [-0.2, -0.15) is 5.10 Å². The van der Waals surface area contributed by atoms with E-state index >= 15 is 0 Å². The standard InChI is InChI=1S/C7H5N3O2/c11-6-2-1-5(9-10-6)7-8-3-4-12-7/h1-4H,(H,10,11). The molecule has 0 radical (unpaired) electrons. The Labute approximate surface area is 67.1 Å². The summed E-state index contributed by atoms with van der Waals surface area (Å²) in [6.45, 7) is 0. The van der Waals surface area contributed by atoms with Gasteiger partial charge in [0, 0.05) is 6.07 Å². The van der Waals surface area contributed by atoms with Crippen molar-refractivity contribution in [3.05, 3.63) is 34.9 Å². The topological polar surface area (TPSA) is 71.8 Å². The van der Waals surface area contributed by atoms with Crippen molar-refractivity contribution in [2.75, 3.05) is 0 Å². The number of hydrogen-bond acceptors (Lipinski definition) is 4. The Bertz CT molecular complexity index is 398. The number of nitrogens with zero attached hydrogens (tertiary/aromatic N) is 2. The molecule has 0 aliphatic carbocycles. The maximum absolute atomic E-state index is 10.6. The first-order chi connectivity index (χ1) is 5.86. The van der Waals surface area contributed by atoms with Gasteiger partial charge < -0.3 is 4.42 Å². The quantitative estimate of drug-likeness (QED) is 0.661. The second kappa shape index (κ2) is 2.61. The first-order valence-corrected chi connectivity index (χ1v) is 3.32. The first-order valence-electron chi connectivity index (χ1n) is 3.32. The van der Waals surface area contributed by atoms with Crippen LogP contribution >= 0.6 is 0 Å². The molecular formula is C7H5N3O2. The molecule has 0 spiro atoms. The molecule has 0 bridgehead atoms. The lowest BCUT2D eigenvalue weighted by Gasteiger charge is -1.89. The molecule has 0 saturated carbocycles. The Morgan fingerprint density at radius 2 is 2.33 bits per heavy atom. The highest BCUT2D eigenvalue weighted by atomic mass is 16.3. The fourth-order valence-electron chi connectivity index (χ4n) is 0.814. The molecule has 0 aromatic carbocycles. The zero-order chi connectivity index (χ0) is 8.39. The number of rotatable bonds is 1. The molecule has 1 N–H and O–H groups in total. The van der Waals surface area contributed by atoms with E-state index in [1.807, 2.05) is 0 Å². The fraction of sp³-hybridized carbons (Fsp3) is 0. The largest absolute Gasteiger partial charge is 0.443 e. The van der Waals surface area contributed by atoms with E-state index in [0.717, 1.165) is 0 Å². The molecule has 0 atom stereocenters. The second-order valence-corrected chi connectivity index (χ2v) is 2.14. The van der Waals surface area contributed by atoms with Crippen LogP contribution in [0.15, 0.2) is 33.8 Å². The van der Waals surface area contributed by atoms with Gasteiger partial charge in [-0.15, -0.1) is 0 Å². The van der Waals surface area contributed by atoms with Crippen LogP contribution in [0.3, 0.4) is 0 Å². The minimum atomic E-state index is -0.245. The summed E-state index contributed by atoms with van der Waals surface area (Å²) in [7, 11) is 0. The fourth-order valence-corrected chi connectivity index (χ4v) is 0.814. The third-order valence-corrected chi connectivity index (χ3v) is 1.33. The molecule has 0 aliphatic heterocycles. The number of aromatic nitrogens is 3. The van der Waals surface area contributed by atoms with E-state index in [9.17, 15) is 4.79 Å². The molecule has 2 aromatic rings. The highest BCUT2D eigenvalue weighted by Gasteiger charge is 2.01. The summed E-state index contributed by atoms with van der Waals surface area (Å²) in [5.74, 6) is 0.395. The van der Waals surface area contributed by atoms with E-state index in [1.54, 1.807) is 6.07 Å². The van der Waals surface area contributed by atoms with Crippen molar-refractivity contribution < 1.29 is 4.42 Å². The van der Waals surface area contributed by atoms with Crippen LogP contribution in [0, 0.1) is 0 Å². The van der Waals surface area contributed by atoms with Crippen LogP contribution in [0.4, 0.5) is 0 Å². The molecule has 0 saturated heterocycles. The molecular weight excluding hydrogens is 158 g/mol. The molecule has 60 valence electrons. The summed E-state index contributed by atoms with van der Waals surface area (Å²) in [6, 6.07) is 2.91. The van der Waals surface area contributed by atoms with Gasteiger partial charge in [-0.1, -0.05) is 0 Å². The van der Waals surface area contributed by atoms with Gasteiger partial charge in [-0.3, -0.25) is 4.79 Å². The van der Waals surface area contributed by atoms with Crippen molar-refractivity contribution in [1.29, 1.82) is 0 Å². The molecule has 2 rings (SSSR count). The molecule has 2 aromatic heterocycles. The van der Waals surface area contributed by atoms with Crippen LogP contribution < -0.4 is 5.56 Å². The Kier molecular flexibility index (Phi) is 1.48. The molecule has 0 aliphatic rings. The Morgan fingerprint density at radius 1 is 1.42 bits per heavy atom. The molecule has 0 unspecified atom stereocenters. The van der Waals surface area contributed by atoms with Gasteiger partial charge in [0.05, 0.1) is 6.20 Å². The molecule has 5 nitrogen and oxygen atoms in total. The maximum atomic E-state index is 10.6. The van der Waals surface area contributed by atoms with Gasteiger partial charge in [0.1, 0.15) is 12.0 Å². The number of nitrogens with one attached hydrogen (secondary N) is 1. The molecule has 0 amide bonds. The van der Waals surface area contributed by atoms with Crippen LogP contribution in [0.2, 0.25) is 0 Å². The minimum absolute atomic E-state index is 0.245. The van der Waals surface area contributed by atoms with Crippen molar-refractivity contribution >= 4 is 0 Å². The van der Waals surface area contributed by atoms with Crippen molar-refractivity contribution in [2.45, 2.75) is 0 Å². The smallest absolute Gasteiger partial charge is 0.264 e. The van der Waals surface area contributed by atoms with E-state index in [2.05, 4.69) is 15.2 Å². The molecule has 12 heavy (non-hydrogen) atoms. The summed E-state index contributed by atoms with van der Waals surface area (Å²) in [5.41, 5.74) is 0.268. The van der Waals surface area contributed by atoms with Crippen LogP contribution in [0.1, 0.15) is 0 Å². The second-order valence-electron chi connectivity index (χ2n) is 2.14. The summed E-state index contributed by atoms with van der Waals surface area (Å²) in [4.78, 5) is 14.5. The summed E-state index contributed by atoms with van der Waals surface area (Å²) < 4.78 is 4.96. The zero-order valence-corrected chi connectivity index (χ0v) is 6.02. The number of hydrogen-bond donors (Lipinski definition) is 1. The first kappa shape index (κ1) is 6.78. The van der Waals surface area contributed by atoms with Crippen LogP contribution in [-0.2, 0) is 0 Å². The Morgan fingerprint density at radius 3 is 2.92 bits per heavy atom. The van der Waals surface area contributed by atoms with Gasteiger partial charge >= 0.3 is 0 Å². The summed E-state index contributed by atoms with van der Waals surface area (Å²) >= 11 is 0. The lowest BCUT2D eigenvalue weighted by atomic mass is 10.4. The van der Waals surface area contributed by atoms with E-state index < -0.39 is 0 Å². The Balaban J connectivity index is 2.49. The summed E-state index contributed by atoms with van der Waals surface area (Å²) in [5, 5.41) is 6.01. The molecule has 5 heteroatoms. The van der Waals surface area contributed by atoms with E-state index in [4.69, 9.17) is 4.42 Å². The van der Waals surface area contributed by atoms with Gasteiger partial charge in [-0.05, 0) is 6.07 Å². The van der Waals surface area contributed by atoms with E-state index in [1.165, 1.54) is 18.5 Å². The SMILES string of the molecule is O=c1ccc(-c2ncco2)n[nH]1. The minimum Gasteiger partial charge on any atom is -0.443 e. The van der Waals surface area contributed by atoms with Crippen molar-refractivity contribution in [3.8, 4) is 11.6 Å². The third kappa shape index (κ3) is 1.12. The monoisotopic (exact) mass is 163 g/mol. The van der Waals surface area contributed by atoms with Crippen LogP contribution in [0.25, 0.3) is 11.6 Å². The van der Waals surface area contributed by atoms with Gasteiger partial charge in [0.2, 0.25) is 5.89 Å². The number of aromatic amines is 1. The van der Waals surface area contributed by atoms with Gasteiger partial charge in [0.25, 0.3) is 5.56 Å². The number of H-pyrrole nitrogens is 1. The number of oxazole rings is 1. The summed E-state index contributed by atoms with van der Waals surface area (Å²) in [6.07, 6.45) is 2.96. The highest BCUT2D eigenvalue weighted by Crippen LogP contribution is 2.10. The van der Waals surface area contributed by atoms with Crippen molar-refractivity contribution in [2.24, 2.45) is 0 Å². The lowest BCUT2D eigenvalue weighted by molar-refractivity contribution is 0.570. The normalized spacial score (nSPS) is 10.0. The predicted molar refractivity (Wildman–Crippen MR) is 40.4 cm³/mol. The molecule has 0 fully saturated rings. The zero-order valence-electron chi connectivity index (χ0n) is 6.02. The lowest BCUT2D eigenvalue weighted by Crippen LogP contribution is -2.05. The third-order valence-electron chi connectivity index (χ3n) is 1.33. The predicted octanol–water partition coefficient (Wildman–Crippen LogP) is 0.425. The van der Waals surface area contributed by atoms with Crippen LogP contribution in [0.5, 0.6) is 0 Å². The Hall–Kier alpha value is -1.91. The van der Waals surface area contributed by atoms with Crippen molar-refractivity contribution in [1.82, 2.24) is 15.2 Å². The van der Waals surface area contributed by atoms with E-state index in [-0.39, 0.29) is 5.56 Å². The highest BCUT2D eigenvalue weighted by molar-refractivity contribution is 5.44. The van der Waals surface area contributed by atoms with Gasteiger partial charge in [-0.25, -0.2) is 10.1 Å². The van der Waals surface area contributed by atoms with Crippen LogP contribution in [-0.4, -0.2) is 15.2 Å².